The molecule has 2 rings (SSSR count). The van der Waals surface area contributed by atoms with Gasteiger partial charge in [-0.3, -0.25) is 10.1 Å². The van der Waals surface area contributed by atoms with Gasteiger partial charge in [0.05, 0.1) is 5.69 Å². The van der Waals surface area contributed by atoms with E-state index in [1.807, 2.05) is 17.5 Å². The van der Waals surface area contributed by atoms with Gasteiger partial charge in [0.2, 0.25) is 0 Å². The average molecular weight is 209 g/mol. The Morgan fingerprint density at radius 3 is 2.69 bits per heavy atom. The Balaban J connectivity index is 2.36. The van der Waals surface area contributed by atoms with Crippen LogP contribution in [0.25, 0.3) is 11.3 Å². The first kappa shape index (κ1) is 8.68. The summed E-state index contributed by atoms with van der Waals surface area (Å²) in [5, 5.41) is 7.38. The van der Waals surface area contributed by atoms with Gasteiger partial charge < -0.3 is 0 Å². The van der Waals surface area contributed by atoms with Crippen molar-refractivity contribution >= 4 is 23.3 Å². The van der Waals surface area contributed by atoms with E-state index in [4.69, 9.17) is 5.14 Å². The topological polar surface area (TPSA) is 51.8 Å². The quantitative estimate of drug-likeness (QED) is 0.770. The smallest absolute Gasteiger partial charge is 0.165 e. The standard InChI is InChI=1S/C8H7N3S2/c9-13-8-11-7(5-12-8)6-1-3-10-4-2-6/h1-5H,9H2. The zero-order valence-electron chi connectivity index (χ0n) is 6.68. The van der Waals surface area contributed by atoms with Gasteiger partial charge in [-0.1, -0.05) is 0 Å². The summed E-state index contributed by atoms with van der Waals surface area (Å²) in [6.45, 7) is 0. The Kier molecular flexibility index (Phi) is 2.58. The van der Waals surface area contributed by atoms with E-state index in [0.29, 0.717) is 0 Å². The molecule has 0 aromatic carbocycles. The highest BCUT2D eigenvalue weighted by molar-refractivity contribution is 7.98. The van der Waals surface area contributed by atoms with Crippen LogP contribution in [0.3, 0.4) is 0 Å². The zero-order chi connectivity index (χ0) is 9.10. The predicted octanol–water partition coefficient (Wildman–Crippen LogP) is 2.17. The maximum Gasteiger partial charge on any atom is 0.165 e. The molecule has 0 saturated heterocycles. The van der Waals surface area contributed by atoms with Crippen LogP contribution >= 0.6 is 23.3 Å². The molecule has 0 aliphatic carbocycles. The Morgan fingerprint density at radius 1 is 1.31 bits per heavy atom. The number of aromatic nitrogens is 2. The summed E-state index contributed by atoms with van der Waals surface area (Å²) in [6.07, 6.45) is 3.51. The van der Waals surface area contributed by atoms with Crippen molar-refractivity contribution < 1.29 is 0 Å². The van der Waals surface area contributed by atoms with Gasteiger partial charge in [-0.05, 0) is 24.1 Å². The highest BCUT2D eigenvalue weighted by Crippen LogP contribution is 2.24. The predicted molar refractivity (Wildman–Crippen MR) is 55.4 cm³/mol. The number of hydrogen-bond donors (Lipinski definition) is 1. The molecule has 0 bridgehead atoms. The van der Waals surface area contributed by atoms with E-state index in [0.717, 1.165) is 15.6 Å². The van der Waals surface area contributed by atoms with Crippen LogP contribution in [0.4, 0.5) is 0 Å². The normalized spacial score (nSPS) is 10.2. The third kappa shape index (κ3) is 1.88. The number of rotatable bonds is 2. The highest BCUT2D eigenvalue weighted by Gasteiger charge is 2.02. The first-order valence-electron chi connectivity index (χ1n) is 3.63. The van der Waals surface area contributed by atoms with Crippen LogP contribution in [-0.2, 0) is 0 Å². The molecule has 2 aromatic rings. The van der Waals surface area contributed by atoms with Gasteiger partial charge in [0.15, 0.2) is 4.34 Å². The minimum atomic E-state index is 0.881. The molecule has 0 radical (unpaired) electrons. The van der Waals surface area contributed by atoms with E-state index in [9.17, 15) is 0 Å². The molecule has 0 unspecified atom stereocenters. The van der Waals surface area contributed by atoms with Crippen LogP contribution in [0, 0.1) is 0 Å². The molecule has 0 aliphatic rings. The third-order valence-electron chi connectivity index (χ3n) is 1.56. The monoisotopic (exact) mass is 209 g/mol. The third-order valence-corrected chi connectivity index (χ3v) is 3.06. The minimum absolute atomic E-state index is 0.881. The number of nitrogens with two attached hydrogens (primary N) is 1. The SMILES string of the molecule is NSc1nc(-c2ccncc2)cs1. The van der Waals surface area contributed by atoms with E-state index < -0.39 is 0 Å². The van der Waals surface area contributed by atoms with Gasteiger partial charge in [0.1, 0.15) is 0 Å². The fourth-order valence-corrected chi connectivity index (χ4v) is 2.04. The van der Waals surface area contributed by atoms with Crippen molar-refractivity contribution in [3.05, 3.63) is 29.9 Å². The lowest BCUT2D eigenvalue weighted by Crippen LogP contribution is -1.80. The van der Waals surface area contributed by atoms with Crippen molar-refractivity contribution in [3.63, 3.8) is 0 Å². The number of thiazole rings is 1. The average Bonchev–Trinajstić information content (AvgIpc) is 2.67. The van der Waals surface area contributed by atoms with Gasteiger partial charge in [0.25, 0.3) is 0 Å². The molecule has 66 valence electrons. The molecule has 2 N–H and O–H groups in total. The first-order chi connectivity index (χ1) is 6.40. The van der Waals surface area contributed by atoms with Crippen molar-refractivity contribution in [2.45, 2.75) is 4.34 Å². The highest BCUT2D eigenvalue weighted by atomic mass is 32.2. The molecule has 3 nitrogen and oxygen atoms in total. The minimum Gasteiger partial charge on any atom is -0.272 e. The van der Waals surface area contributed by atoms with E-state index in [-0.39, 0.29) is 0 Å². The second-order valence-electron chi connectivity index (χ2n) is 2.35. The fraction of sp³-hybridized carbons (Fsp3) is 0. The molecule has 2 heterocycles. The lowest BCUT2D eigenvalue weighted by Gasteiger charge is -1.92. The first-order valence-corrected chi connectivity index (χ1v) is 5.39. The van der Waals surface area contributed by atoms with Crippen molar-refractivity contribution in [1.82, 2.24) is 9.97 Å². The van der Waals surface area contributed by atoms with Crippen LogP contribution < -0.4 is 5.14 Å². The van der Waals surface area contributed by atoms with Gasteiger partial charge >= 0.3 is 0 Å². The zero-order valence-corrected chi connectivity index (χ0v) is 8.31. The van der Waals surface area contributed by atoms with Gasteiger partial charge in [-0.2, -0.15) is 0 Å². The van der Waals surface area contributed by atoms with Crippen LogP contribution in [-0.4, -0.2) is 9.97 Å². The van der Waals surface area contributed by atoms with Gasteiger partial charge in [-0.15, -0.1) is 11.3 Å². The molecule has 0 atom stereocenters. The van der Waals surface area contributed by atoms with Crippen molar-refractivity contribution in [1.29, 1.82) is 0 Å². The lowest BCUT2D eigenvalue weighted by molar-refractivity contribution is 1.24. The molecule has 0 fully saturated rings. The fourth-order valence-electron chi connectivity index (χ4n) is 0.967. The van der Waals surface area contributed by atoms with Crippen LogP contribution in [0.15, 0.2) is 34.2 Å². The molecule has 0 amide bonds. The van der Waals surface area contributed by atoms with E-state index in [1.54, 1.807) is 23.7 Å². The number of nitrogens with zero attached hydrogens (tertiary/aromatic N) is 2. The maximum absolute atomic E-state index is 5.39. The molecule has 2 aromatic heterocycles. The molecule has 0 aliphatic heterocycles. The van der Waals surface area contributed by atoms with E-state index >= 15 is 0 Å². The number of hydrogen-bond acceptors (Lipinski definition) is 5. The van der Waals surface area contributed by atoms with Gasteiger partial charge in [0, 0.05) is 23.3 Å². The Morgan fingerprint density at radius 2 is 2.08 bits per heavy atom. The molecule has 5 heteroatoms. The summed E-state index contributed by atoms with van der Waals surface area (Å²) in [4.78, 5) is 8.27. The molecular weight excluding hydrogens is 202 g/mol. The summed E-state index contributed by atoms with van der Waals surface area (Å²) >= 11 is 2.73. The molecular formula is C8H7N3S2. The van der Waals surface area contributed by atoms with Crippen LogP contribution in [0.2, 0.25) is 0 Å². The summed E-state index contributed by atoms with van der Waals surface area (Å²) in [5.74, 6) is 0. The van der Waals surface area contributed by atoms with Gasteiger partial charge in [-0.25, -0.2) is 4.98 Å². The Bertz CT molecular complexity index is 385. The second-order valence-corrected chi connectivity index (χ2v) is 4.09. The largest absolute Gasteiger partial charge is 0.272 e. The summed E-state index contributed by atoms with van der Waals surface area (Å²) < 4.78 is 0.881. The second kappa shape index (κ2) is 3.87. The van der Waals surface area contributed by atoms with Crippen LogP contribution in [0.5, 0.6) is 0 Å². The van der Waals surface area contributed by atoms with E-state index in [1.165, 1.54) is 11.9 Å². The van der Waals surface area contributed by atoms with Crippen molar-refractivity contribution in [3.8, 4) is 11.3 Å². The molecule has 0 saturated carbocycles. The Hall–Kier alpha value is -0.910. The summed E-state index contributed by atoms with van der Waals surface area (Å²) in [5.41, 5.74) is 2.03. The van der Waals surface area contributed by atoms with Crippen molar-refractivity contribution in [2.75, 3.05) is 0 Å². The summed E-state index contributed by atoms with van der Waals surface area (Å²) in [7, 11) is 0. The Labute approximate surface area is 84.2 Å². The molecule has 0 spiro atoms. The van der Waals surface area contributed by atoms with Crippen LogP contribution in [0.1, 0.15) is 0 Å². The molecule has 13 heavy (non-hydrogen) atoms. The number of pyridine rings is 1. The summed E-state index contributed by atoms with van der Waals surface area (Å²) in [6, 6.07) is 3.86. The van der Waals surface area contributed by atoms with E-state index in [2.05, 4.69) is 9.97 Å². The lowest BCUT2D eigenvalue weighted by atomic mass is 10.2. The van der Waals surface area contributed by atoms with Crippen molar-refractivity contribution in [2.24, 2.45) is 5.14 Å². The maximum atomic E-state index is 5.39.